The van der Waals surface area contributed by atoms with Crippen LogP contribution in [-0.2, 0) is 6.54 Å². The topological polar surface area (TPSA) is 41.4 Å². The predicted molar refractivity (Wildman–Crippen MR) is 109 cm³/mol. The van der Waals surface area contributed by atoms with Crippen LogP contribution in [0.3, 0.4) is 0 Å². The van der Waals surface area contributed by atoms with Crippen molar-refractivity contribution in [2.24, 2.45) is 5.92 Å². The lowest BCUT2D eigenvalue weighted by atomic mass is 10.1. The number of hydrogen-bond acceptors (Lipinski definition) is 3. The molecule has 0 atom stereocenters. The number of carbonyl (C=O) groups is 1. The normalized spacial score (nSPS) is 15.5. The van der Waals surface area contributed by atoms with E-state index in [1.165, 1.54) is 6.42 Å². The zero-order valence-electron chi connectivity index (χ0n) is 17.1. The van der Waals surface area contributed by atoms with E-state index in [0.717, 1.165) is 61.2 Å². The summed E-state index contributed by atoms with van der Waals surface area (Å²) >= 11 is 0. The van der Waals surface area contributed by atoms with Crippen LogP contribution in [0.1, 0.15) is 47.6 Å². The van der Waals surface area contributed by atoms with E-state index in [1.54, 1.807) is 0 Å². The Morgan fingerprint density at radius 3 is 2.48 bits per heavy atom. The Balaban J connectivity index is 1.60. The molecule has 2 aromatic rings. The van der Waals surface area contributed by atoms with Gasteiger partial charge in [0.25, 0.3) is 5.91 Å². The molecule has 2 heterocycles. The van der Waals surface area contributed by atoms with E-state index in [4.69, 9.17) is 0 Å². The van der Waals surface area contributed by atoms with Gasteiger partial charge in [-0.05, 0) is 56.5 Å². The molecular weight excluding hydrogens is 336 g/mol. The number of aryl methyl sites for hydroxylation is 2. The second-order valence-electron chi connectivity index (χ2n) is 8.10. The van der Waals surface area contributed by atoms with Crippen molar-refractivity contribution in [3.8, 4) is 0 Å². The average Bonchev–Trinajstić information content (AvgIpc) is 2.97. The molecule has 0 spiro atoms. The molecule has 5 heteroatoms. The Bertz CT molecular complexity index is 772. The van der Waals surface area contributed by atoms with Crippen molar-refractivity contribution in [3.63, 3.8) is 0 Å². The van der Waals surface area contributed by atoms with Crippen molar-refractivity contribution < 1.29 is 4.79 Å². The van der Waals surface area contributed by atoms with Crippen LogP contribution in [0, 0.1) is 19.8 Å². The monoisotopic (exact) mass is 368 g/mol. The second kappa shape index (κ2) is 8.70. The molecular formula is C22H32N4O. The molecule has 0 radical (unpaired) electrons. The molecule has 1 aliphatic rings. The molecule has 27 heavy (non-hydrogen) atoms. The number of nitrogens with zero attached hydrogens (tertiary/aromatic N) is 4. The van der Waals surface area contributed by atoms with Crippen molar-refractivity contribution in [2.45, 2.75) is 40.7 Å². The summed E-state index contributed by atoms with van der Waals surface area (Å²) in [4.78, 5) is 17.4. The molecule has 1 fully saturated rings. The molecule has 0 N–H and O–H groups in total. The largest absolute Gasteiger partial charge is 0.336 e. The van der Waals surface area contributed by atoms with Crippen LogP contribution in [-0.4, -0.2) is 58.2 Å². The maximum atomic E-state index is 12.9. The highest BCUT2D eigenvalue weighted by Crippen LogP contribution is 2.14. The third-order valence-corrected chi connectivity index (χ3v) is 5.29. The molecule has 5 nitrogen and oxygen atoms in total. The molecule has 0 unspecified atom stereocenters. The summed E-state index contributed by atoms with van der Waals surface area (Å²) in [5.41, 5.74) is 4.06. The number of piperazine rings is 1. The van der Waals surface area contributed by atoms with E-state index in [0.29, 0.717) is 6.54 Å². The maximum absolute atomic E-state index is 12.9. The summed E-state index contributed by atoms with van der Waals surface area (Å²) in [5.74, 6) is 0.878. The first-order valence-electron chi connectivity index (χ1n) is 10.0. The smallest absolute Gasteiger partial charge is 0.253 e. The van der Waals surface area contributed by atoms with E-state index < -0.39 is 0 Å². The first kappa shape index (κ1) is 19.6. The Kier molecular flexibility index (Phi) is 6.32. The number of amides is 1. The molecule has 0 bridgehead atoms. The first-order valence-corrected chi connectivity index (χ1v) is 10.0. The van der Waals surface area contributed by atoms with Gasteiger partial charge in [0.2, 0.25) is 0 Å². The molecule has 1 aromatic carbocycles. The standard InChI is InChI=1S/C22H32N4O/c1-17(2)8-9-24-10-12-25(13-11-24)22(27)21-7-5-6-20(15-21)16-26-19(4)14-18(3)23-26/h5-7,14-15,17H,8-13,16H2,1-4H3. The van der Waals surface area contributed by atoms with Crippen LogP contribution in [0.15, 0.2) is 30.3 Å². The molecule has 0 aliphatic carbocycles. The first-order chi connectivity index (χ1) is 12.9. The van der Waals surface area contributed by atoms with Gasteiger partial charge in [0.15, 0.2) is 0 Å². The van der Waals surface area contributed by atoms with Gasteiger partial charge in [0, 0.05) is 37.4 Å². The Morgan fingerprint density at radius 1 is 1.11 bits per heavy atom. The van der Waals surface area contributed by atoms with E-state index >= 15 is 0 Å². The number of benzene rings is 1. The van der Waals surface area contributed by atoms with Crippen molar-refractivity contribution in [1.29, 1.82) is 0 Å². The lowest BCUT2D eigenvalue weighted by molar-refractivity contribution is 0.0631. The van der Waals surface area contributed by atoms with Gasteiger partial charge in [0.1, 0.15) is 0 Å². The highest BCUT2D eigenvalue weighted by Gasteiger charge is 2.22. The minimum absolute atomic E-state index is 0.147. The number of rotatable bonds is 6. The predicted octanol–water partition coefficient (Wildman–Crippen LogP) is 3.35. The third-order valence-electron chi connectivity index (χ3n) is 5.29. The van der Waals surface area contributed by atoms with Gasteiger partial charge in [-0.2, -0.15) is 5.10 Å². The third kappa shape index (κ3) is 5.19. The van der Waals surface area contributed by atoms with Gasteiger partial charge >= 0.3 is 0 Å². The molecule has 3 rings (SSSR count). The SMILES string of the molecule is Cc1cc(C)n(Cc2cccc(C(=O)N3CCN(CCC(C)C)CC3)c2)n1. The van der Waals surface area contributed by atoms with Gasteiger partial charge in [-0.25, -0.2) is 0 Å². The second-order valence-corrected chi connectivity index (χ2v) is 8.10. The fourth-order valence-electron chi connectivity index (χ4n) is 3.61. The van der Waals surface area contributed by atoms with Crippen LogP contribution in [0.5, 0.6) is 0 Å². The van der Waals surface area contributed by atoms with Crippen molar-refractivity contribution >= 4 is 5.91 Å². The van der Waals surface area contributed by atoms with Gasteiger partial charge in [-0.1, -0.05) is 26.0 Å². The minimum Gasteiger partial charge on any atom is -0.336 e. The van der Waals surface area contributed by atoms with Gasteiger partial charge in [0.05, 0.1) is 12.2 Å². The number of carbonyl (C=O) groups excluding carboxylic acids is 1. The summed E-state index contributed by atoms with van der Waals surface area (Å²) < 4.78 is 1.99. The summed E-state index contributed by atoms with van der Waals surface area (Å²) in [6.45, 7) is 14.0. The van der Waals surface area contributed by atoms with Crippen molar-refractivity contribution in [3.05, 3.63) is 52.8 Å². The van der Waals surface area contributed by atoms with Crippen LogP contribution < -0.4 is 0 Å². The summed E-state index contributed by atoms with van der Waals surface area (Å²) in [6, 6.07) is 10.1. The number of hydrogen-bond donors (Lipinski definition) is 0. The zero-order chi connectivity index (χ0) is 19.4. The van der Waals surface area contributed by atoms with E-state index in [1.807, 2.05) is 34.7 Å². The van der Waals surface area contributed by atoms with Crippen LogP contribution in [0.25, 0.3) is 0 Å². The van der Waals surface area contributed by atoms with Gasteiger partial charge in [-0.15, -0.1) is 0 Å². The van der Waals surface area contributed by atoms with E-state index in [9.17, 15) is 4.79 Å². The van der Waals surface area contributed by atoms with Gasteiger partial charge in [-0.3, -0.25) is 14.4 Å². The zero-order valence-corrected chi connectivity index (χ0v) is 17.1. The molecule has 1 aromatic heterocycles. The summed E-state index contributed by atoms with van der Waals surface area (Å²) in [5, 5.41) is 4.52. The average molecular weight is 369 g/mol. The van der Waals surface area contributed by atoms with Crippen molar-refractivity contribution in [2.75, 3.05) is 32.7 Å². The number of aromatic nitrogens is 2. The molecule has 1 aliphatic heterocycles. The lowest BCUT2D eigenvalue weighted by Crippen LogP contribution is -2.49. The highest BCUT2D eigenvalue weighted by atomic mass is 16.2. The summed E-state index contributed by atoms with van der Waals surface area (Å²) in [6.07, 6.45) is 1.22. The molecule has 0 saturated carbocycles. The fourth-order valence-corrected chi connectivity index (χ4v) is 3.61. The van der Waals surface area contributed by atoms with Crippen molar-refractivity contribution in [1.82, 2.24) is 19.6 Å². The van der Waals surface area contributed by atoms with Crippen LogP contribution >= 0.6 is 0 Å². The Morgan fingerprint density at radius 2 is 1.85 bits per heavy atom. The summed E-state index contributed by atoms with van der Waals surface area (Å²) in [7, 11) is 0. The van der Waals surface area contributed by atoms with Crippen LogP contribution in [0.4, 0.5) is 0 Å². The lowest BCUT2D eigenvalue weighted by Gasteiger charge is -2.35. The Hall–Kier alpha value is -2.14. The van der Waals surface area contributed by atoms with E-state index in [-0.39, 0.29) is 5.91 Å². The molecule has 1 saturated heterocycles. The maximum Gasteiger partial charge on any atom is 0.253 e. The fraction of sp³-hybridized carbons (Fsp3) is 0.545. The van der Waals surface area contributed by atoms with Gasteiger partial charge < -0.3 is 4.90 Å². The Labute approximate surface area is 163 Å². The molecule has 1 amide bonds. The minimum atomic E-state index is 0.147. The molecule has 146 valence electrons. The van der Waals surface area contributed by atoms with Crippen LogP contribution in [0.2, 0.25) is 0 Å². The van der Waals surface area contributed by atoms with E-state index in [2.05, 4.69) is 42.9 Å². The highest BCUT2D eigenvalue weighted by molar-refractivity contribution is 5.94. The quantitative estimate of drug-likeness (QED) is 0.785.